The predicted octanol–water partition coefficient (Wildman–Crippen LogP) is 3.93. The molecule has 2 aliphatic rings. The van der Waals surface area contributed by atoms with Gasteiger partial charge in [0, 0.05) is 11.4 Å². The first kappa shape index (κ1) is 12.1. The molecular formula is C15H20N2S. The lowest BCUT2D eigenvalue weighted by molar-refractivity contribution is 0.535. The highest BCUT2D eigenvalue weighted by atomic mass is 32.2. The molecule has 3 rings (SSSR count). The zero-order valence-electron chi connectivity index (χ0n) is 10.9. The Kier molecular flexibility index (Phi) is 3.59. The Morgan fingerprint density at radius 3 is 3.22 bits per heavy atom. The summed E-state index contributed by atoms with van der Waals surface area (Å²) < 4.78 is 0. The summed E-state index contributed by atoms with van der Waals surface area (Å²) in [4.78, 5) is 4.86. The summed E-state index contributed by atoms with van der Waals surface area (Å²) in [5.74, 6) is 2.08. The molecule has 3 heteroatoms. The smallest absolute Gasteiger partial charge is 0.161 e. The fraction of sp³-hybridized carbons (Fsp3) is 0.533. The molecule has 2 unspecified atom stereocenters. The Hall–Kier alpha value is -0.960. The molecule has 0 amide bonds. The van der Waals surface area contributed by atoms with Gasteiger partial charge in [-0.15, -0.1) is 0 Å². The van der Waals surface area contributed by atoms with Crippen LogP contribution in [-0.2, 0) is 6.42 Å². The van der Waals surface area contributed by atoms with Gasteiger partial charge in [-0.05, 0) is 42.9 Å². The summed E-state index contributed by atoms with van der Waals surface area (Å²) in [6.07, 6.45) is 5.10. The van der Waals surface area contributed by atoms with E-state index in [2.05, 4.69) is 36.5 Å². The van der Waals surface area contributed by atoms with Crippen molar-refractivity contribution in [3.63, 3.8) is 0 Å². The molecule has 1 saturated carbocycles. The maximum Gasteiger partial charge on any atom is 0.161 e. The van der Waals surface area contributed by atoms with E-state index in [1.165, 1.54) is 36.3 Å². The zero-order chi connectivity index (χ0) is 12.4. The van der Waals surface area contributed by atoms with Crippen LogP contribution >= 0.6 is 11.8 Å². The first-order valence-electron chi connectivity index (χ1n) is 6.91. The third-order valence-corrected chi connectivity index (χ3v) is 5.00. The van der Waals surface area contributed by atoms with Crippen molar-refractivity contribution in [1.29, 1.82) is 0 Å². The molecule has 2 nitrogen and oxygen atoms in total. The molecule has 0 saturated heterocycles. The lowest BCUT2D eigenvalue weighted by Crippen LogP contribution is -2.25. The van der Waals surface area contributed by atoms with Gasteiger partial charge >= 0.3 is 0 Å². The van der Waals surface area contributed by atoms with Crippen molar-refractivity contribution in [3.8, 4) is 0 Å². The SMILES string of the molecule is CCc1cccc(NC2=NC3CCCC3CS2)c1. The molecular weight excluding hydrogens is 240 g/mol. The molecule has 1 heterocycles. The Bertz CT molecular complexity index is 456. The van der Waals surface area contributed by atoms with Crippen LogP contribution in [0.1, 0.15) is 31.7 Å². The van der Waals surface area contributed by atoms with Crippen molar-refractivity contribution in [2.24, 2.45) is 10.9 Å². The third-order valence-electron chi connectivity index (χ3n) is 3.92. The van der Waals surface area contributed by atoms with Gasteiger partial charge in [0.25, 0.3) is 0 Å². The van der Waals surface area contributed by atoms with Gasteiger partial charge in [0.05, 0.1) is 6.04 Å². The van der Waals surface area contributed by atoms with Gasteiger partial charge in [-0.2, -0.15) is 0 Å². The van der Waals surface area contributed by atoms with Crippen molar-refractivity contribution in [3.05, 3.63) is 29.8 Å². The number of hydrogen-bond acceptors (Lipinski definition) is 3. The van der Waals surface area contributed by atoms with E-state index in [1.54, 1.807) is 0 Å². The maximum absolute atomic E-state index is 4.86. The van der Waals surface area contributed by atoms with Crippen LogP contribution in [0, 0.1) is 5.92 Å². The van der Waals surface area contributed by atoms with E-state index in [4.69, 9.17) is 4.99 Å². The number of hydrogen-bond donors (Lipinski definition) is 1. The number of fused-ring (bicyclic) bond motifs is 1. The van der Waals surface area contributed by atoms with E-state index in [0.717, 1.165) is 17.5 Å². The summed E-state index contributed by atoms with van der Waals surface area (Å²) in [5, 5.41) is 4.60. The molecule has 1 aromatic carbocycles. The summed E-state index contributed by atoms with van der Waals surface area (Å²) in [6.45, 7) is 2.19. The summed E-state index contributed by atoms with van der Waals surface area (Å²) in [5.41, 5.74) is 2.55. The van der Waals surface area contributed by atoms with Crippen LogP contribution in [0.2, 0.25) is 0 Å². The number of anilines is 1. The molecule has 1 aliphatic carbocycles. The number of nitrogens with zero attached hydrogens (tertiary/aromatic N) is 1. The van der Waals surface area contributed by atoms with Crippen LogP contribution < -0.4 is 5.32 Å². The normalized spacial score (nSPS) is 26.6. The largest absolute Gasteiger partial charge is 0.335 e. The number of rotatable bonds is 2. The number of aryl methyl sites for hydroxylation is 1. The summed E-state index contributed by atoms with van der Waals surface area (Å²) in [6, 6.07) is 9.23. The topological polar surface area (TPSA) is 24.4 Å². The van der Waals surface area contributed by atoms with Gasteiger partial charge in [0.2, 0.25) is 0 Å². The van der Waals surface area contributed by atoms with Gasteiger partial charge in [0.15, 0.2) is 5.17 Å². The quantitative estimate of drug-likeness (QED) is 0.871. The number of thioether (sulfide) groups is 1. The van der Waals surface area contributed by atoms with Crippen molar-refractivity contribution < 1.29 is 0 Å². The lowest BCUT2D eigenvalue weighted by atomic mass is 10.1. The highest BCUT2D eigenvalue weighted by Crippen LogP contribution is 2.35. The minimum Gasteiger partial charge on any atom is -0.335 e. The van der Waals surface area contributed by atoms with Gasteiger partial charge in [0.1, 0.15) is 0 Å². The van der Waals surface area contributed by atoms with E-state index in [0.29, 0.717) is 6.04 Å². The number of benzene rings is 1. The lowest BCUT2D eigenvalue weighted by Gasteiger charge is -2.23. The van der Waals surface area contributed by atoms with Gasteiger partial charge in [-0.1, -0.05) is 37.2 Å². The standard InChI is InChI=1S/C15H20N2S/c1-2-11-5-3-7-13(9-11)16-15-17-14-8-4-6-12(14)10-18-15/h3,5,7,9,12,14H,2,4,6,8,10H2,1H3,(H,16,17). The predicted molar refractivity (Wildman–Crippen MR) is 80.5 cm³/mol. The molecule has 0 bridgehead atoms. The van der Waals surface area contributed by atoms with Gasteiger partial charge in [-0.3, -0.25) is 4.99 Å². The number of aliphatic imine (C=N–C) groups is 1. The van der Waals surface area contributed by atoms with E-state index < -0.39 is 0 Å². The van der Waals surface area contributed by atoms with Crippen LogP contribution in [-0.4, -0.2) is 17.0 Å². The Morgan fingerprint density at radius 1 is 1.39 bits per heavy atom. The molecule has 0 aromatic heterocycles. The van der Waals surface area contributed by atoms with E-state index in [1.807, 2.05) is 11.8 Å². The van der Waals surface area contributed by atoms with Crippen molar-refractivity contribution in [1.82, 2.24) is 0 Å². The van der Waals surface area contributed by atoms with E-state index >= 15 is 0 Å². The molecule has 0 spiro atoms. The Morgan fingerprint density at radius 2 is 2.33 bits per heavy atom. The summed E-state index contributed by atoms with van der Waals surface area (Å²) >= 11 is 1.89. The van der Waals surface area contributed by atoms with Crippen molar-refractivity contribution in [2.75, 3.05) is 11.1 Å². The molecule has 1 aliphatic heterocycles. The van der Waals surface area contributed by atoms with Crippen molar-refractivity contribution >= 4 is 22.6 Å². The zero-order valence-corrected chi connectivity index (χ0v) is 11.7. The minimum atomic E-state index is 0.586. The van der Waals surface area contributed by atoms with Crippen LogP contribution in [0.15, 0.2) is 29.3 Å². The third kappa shape index (κ3) is 2.56. The monoisotopic (exact) mass is 260 g/mol. The minimum absolute atomic E-state index is 0.586. The second-order valence-electron chi connectivity index (χ2n) is 5.18. The molecule has 1 fully saturated rings. The molecule has 18 heavy (non-hydrogen) atoms. The number of nitrogens with one attached hydrogen (secondary N) is 1. The second kappa shape index (κ2) is 5.35. The van der Waals surface area contributed by atoms with Crippen LogP contribution in [0.4, 0.5) is 5.69 Å². The maximum atomic E-state index is 4.86. The van der Waals surface area contributed by atoms with E-state index in [-0.39, 0.29) is 0 Å². The molecule has 96 valence electrons. The Balaban J connectivity index is 1.72. The highest BCUT2D eigenvalue weighted by molar-refractivity contribution is 8.14. The molecule has 1 N–H and O–H groups in total. The molecule has 0 radical (unpaired) electrons. The fourth-order valence-corrected chi connectivity index (χ4v) is 3.98. The fourth-order valence-electron chi connectivity index (χ4n) is 2.82. The Labute approximate surface area is 113 Å². The van der Waals surface area contributed by atoms with Crippen LogP contribution in [0.5, 0.6) is 0 Å². The van der Waals surface area contributed by atoms with Crippen molar-refractivity contribution in [2.45, 2.75) is 38.6 Å². The molecule has 1 aromatic rings. The van der Waals surface area contributed by atoms with Gasteiger partial charge in [-0.25, -0.2) is 0 Å². The average molecular weight is 260 g/mol. The van der Waals surface area contributed by atoms with Gasteiger partial charge < -0.3 is 5.32 Å². The second-order valence-corrected chi connectivity index (χ2v) is 6.19. The van der Waals surface area contributed by atoms with Crippen LogP contribution in [0.25, 0.3) is 0 Å². The number of amidine groups is 1. The summed E-state index contributed by atoms with van der Waals surface area (Å²) in [7, 11) is 0. The first-order chi connectivity index (χ1) is 8.85. The molecule has 2 atom stereocenters. The first-order valence-corrected chi connectivity index (χ1v) is 7.90. The van der Waals surface area contributed by atoms with E-state index in [9.17, 15) is 0 Å². The van der Waals surface area contributed by atoms with Crippen LogP contribution in [0.3, 0.4) is 0 Å². The average Bonchev–Trinajstić information content (AvgIpc) is 2.86. The highest BCUT2D eigenvalue weighted by Gasteiger charge is 2.30.